The van der Waals surface area contributed by atoms with Gasteiger partial charge in [0.15, 0.2) is 5.38 Å². The zero-order chi connectivity index (χ0) is 10.4. The summed E-state index contributed by atoms with van der Waals surface area (Å²) in [5.74, 6) is -2.16. The number of carbonyl (C=O) groups is 2. The van der Waals surface area contributed by atoms with Crippen LogP contribution in [0, 0.1) is 0 Å². The Balaban J connectivity index is 4.16. The Morgan fingerprint density at radius 1 is 1.46 bits per heavy atom. The first kappa shape index (κ1) is 12.2. The zero-order valence-corrected chi connectivity index (χ0v) is 8.01. The normalized spacial score (nSPS) is 14.5. The molecule has 13 heavy (non-hydrogen) atoms. The molecule has 0 saturated carbocycles. The van der Waals surface area contributed by atoms with Gasteiger partial charge in [0.25, 0.3) is 0 Å². The fourth-order valence-electron chi connectivity index (χ4n) is 0.573. The first-order chi connectivity index (χ1) is 6.04. The van der Waals surface area contributed by atoms with E-state index in [0.29, 0.717) is 0 Å². The van der Waals surface area contributed by atoms with E-state index >= 15 is 0 Å². The summed E-state index contributed by atoms with van der Waals surface area (Å²) in [6.07, 6.45) is -2.19. The Bertz CT molecular complexity index is 197. The van der Waals surface area contributed by atoms with E-state index in [2.05, 4.69) is 9.47 Å². The first-order valence-electron chi connectivity index (χ1n) is 3.57. The SMILES string of the molecule is CCOC(=O)C(Cl)C(F)C(=O)OC. The van der Waals surface area contributed by atoms with Crippen molar-refractivity contribution >= 4 is 23.5 Å². The van der Waals surface area contributed by atoms with Crippen molar-refractivity contribution < 1.29 is 23.5 Å². The summed E-state index contributed by atoms with van der Waals surface area (Å²) in [6.45, 7) is 1.63. The van der Waals surface area contributed by atoms with Gasteiger partial charge < -0.3 is 9.47 Å². The molecule has 0 saturated heterocycles. The Morgan fingerprint density at radius 3 is 2.38 bits per heavy atom. The van der Waals surface area contributed by atoms with Gasteiger partial charge in [-0.25, -0.2) is 9.18 Å². The lowest BCUT2D eigenvalue weighted by Crippen LogP contribution is -2.34. The van der Waals surface area contributed by atoms with Crippen LogP contribution in [-0.2, 0) is 19.1 Å². The number of hydrogen-bond donors (Lipinski definition) is 0. The van der Waals surface area contributed by atoms with E-state index in [-0.39, 0.29) is 6.61 Å². The summed E-state index contributed by atoms with van der Waals surface area (Å²) >= 11 is 5.28. The van der Waals surface area contributed by atoms with E-state index < -0.39 is 23.5 Å². The number of rotatable bonds is 4. The number of esters is 2. The predicted octanol–water partition coefficient (Wildman–Crippen LogP) is 0.668. The molecule has 4 nitrogen and oxygen atoms in total. The van der Waals surface area contributed by atoms with Gasteiger partial charge in [-0.1, -0.05) is 0 Å². The van der Waals surface area contributed by atoms with Crippen molar-refractivity contribution in [2.24, 2.45) is 0 Å². The molecular formula is C7H10ClFO4. The minimum atomic E-state index is -2.19. The van der Waals surface area contributed by atoms with E-state index in [9.17, 15) is 14.0 Å². The van der Waals surface area contributed by atoms with Gasteiger partial charge in [-0.3, -0.25) is 4.79 Å². The average Bonchev–Trinajstić information content (AvgIpc) is 2.14. The Kier molecular flexibility index (Phi) is 5.37. The van der Waals surface area contributed by atoms with Gasteiger partial charge in [-0.05, 0) is 6.92 Å². The van der Waals surface area contributed by atoms with Gasteiger partial charge in [0.05, 0.1) is 13.7 Å². The second-order valence-electron chi connectivity index (χ2n) is 2.08. The van der Waals surface area contributed by atoms with Crippen molar-refractivity contribution in [3.8, 4) is 0 Å². The molecule has 0 aromatic carbocycles. The van der Waals surface area contributed by atoms with Crippen LogP contribution >= 0.6 is 11.6 Å². The molecule has 0 bridgehead atoms. The molecule has 0 radical (unpaired) electrons. The maximum Gasteiger partial charge on any atom is 0.342 e. The van der Waals surface area contributed by atoms with E-state index in [1.807, 2.05) is 0 Å². The smallest absolute Gasteiger partial charge is 0.342 e. The molecule has 2 atom stereocenters. The number of halogens is 2. The highest BCUT2D eigenvalue weighted by molar-refractivity contribution is 6.31. The predicted molar refractivity (Wildman–Crippen MR) is 43.2 cm³/mol. The molecule has 0 aliphatic rings. The van der Waals surface area contributed by atoms with Crippen molar-refractivity contribution in [3.05, 3.63) is 0 Å². The summed E-state index contributed by atoms with van der Waals surface area (Å²) in [7, 11) is 1.00. The molecule has 0 fully saturated rings. The summed E-state index contributed by atoms with van der Waals surface area (Å²) < 4.78 is 21.3. The summed E-state index contributed by atoms with van der Waals surface area (Å²) in [5, 5.41) is -1.65. The Labute approximate surface area is 79.9 Å². The van der Waals surface area contributed by atoms with Gasteiger partial charge in [0.2, 0.25) is 6.17 Å². The molecule has 76 valence electrons. The molecule has 0 aromatic heterocycles. The lowest BCUT2D eigenvalue weighted by atomic mass is 10.3. The maximum absolute atomic E-state index is 12.9. The van der Waals surface area contributed by atoms with Gasteiger partial charge >= 0.3 is 11.9 Å². The molecule has 0 spiro atoms. The van der Waals surface area contributed by atoms with Crippen LogP contribution in [0.5, 0.6) is 0 Å². The van der Waals surface area contributed by atoms with Crippen molar-refractivity contribution in [3.63, 3.8) is 0 Å². The molecule has 0 aromatic rings. The van der Waals surface area contributed by atoms with Gasteiger partial charge in [0.1, 0.15) is 0 Å². The third-order valence-electron chi connectivity index (χ3n) is 1.20. The number of ether oxygens (including phenoxy) is 2. The van der Waals surface area contributed by atoms with E-state index in [1.54, 1.807) is 6.92 Å². The zero-order valence-electron chi connectivity index (χ0n) is 7.25. The molecule has 0 heterocycles. The minimum absolute atomic E-state index is 0.0793. The van der Waals surface area contributed by atoms with Gasteiger partial charge in [-0.15, -0.1) is 11.6 Å². The van der Waals surface area contributed by atoms with E-state index in [4.69, 9.17) is 11.6 Å². The Morgan fingerprint density at radius 2 is 2.00 bits per heavy atom. The Hall–Kier alpha value is -0.840. The standard InChI is InChI=1S/C7H10ClFO4/c1-3-13-6(10)4(8)5(9)7(11)12-2/h4-5H,3H2,1-2H3. The van der Waals surface area contributed by atoms with E-state index in [0.717, 1.165) is 7.11 Å². The first-order valence-corrected chi connectivity index (χ1v) is 4.00. The van der Waals surface area contributed by atoms with E-state index in [1.165, 1.54) is 0 Å². The van der Waals surface area contributed by atoms with Gasteiger partial charge in [0, 0.05) is 0 Å². The number of carbonyl (C=O) groups excluding carboxylic acids is 2. The van der Waals surface area contributed by atoms with Crippen LogP contribution in [0.1, 0.15) is 6.92 Å². The van der Waals surface area contributed by atoms with Crippen molar-refractivity contribution in [2.75, 3.05) is 13.7 Å². The highest BCUT2D eigenvalue weighted by Gasteiger charge is 2.34. The van der Waals surface area contributed by atoms with Crippen molar-refractivity contribution in [1.29, 1.82) is 0 Å². The van der Waals surface area contributed by atoms with Crippen LogP contribution in [0.15, 0.2) is 0 Å². The number of hydrogen-bond acceptors (Lipinski definition) is 4. The summed E-state index contributed by atoms with van der Waals surface area (Å²) in [4.78, 5) is 21.4. The minimum Gasteiger partial charge on any atom is -0.467 e. The maximum atomic E-state index is 12.9. The molecule has 2 unspecified atom stereocenters. The fraction of sp³-hybridized carbons (Fsp3) is 0.714. The third-order valence-corrected chi connectivity index (χ3v) is 1.59. The second-order valence-corrected chi connectivity index (χ2v) is 2.55. The molecule has 0 amide bonds. The number of methoxy groups -OCH3 is 1. The van der Waals surface area contributed by atoms with Crippen LogP contribution in [0.2, 0.25) is 0 Å². The molecule has 6 heteroatoms. The van der Waals surface area contributed by atoms with Crippen LogP contribution in [0.4, 0.5) is 4.39 Å². The monoisotopic (exact) mass is 212 g/mol. The lowest BCUT2D eigenvalue weighted by molar-refractivity contribution is -0.153. The lowest BCUT2D eigenvalue weighted by Gasteiger charge is -2.10. The largest absolute Gasteiger partial charge is 0.467 e. The molecule has 0 aliphatic carbocycles. The van der Waals surface area contributed by atoms with Crippen LogP contribution < -0.4 is 0 Å². The highest BCUT2D eigenvalue weighted by atomic mass is 35.5. The van der Waals surface area contributed by atoms with Crippen molar-refractivity contribution in [1.82, 2.24) is 0 Å². The van der Waals surface area contributed by atoms with Crippen LogP contribution in [0.3, 0.4) is 0 Å². The summed E-state index contributed by atoms with van der Waals surface area (Å²) in [6, 6.07) is 0. The fourth-order valence-corrected chi connectivity index (χ4v) is 0.739. The van der Waals surface area contributed by atoms with Crippen LogP contribution in [-0.4, -0.2) is 37.2 Å². The summed E-state index contributed by atoms with van der Waals surface area (Å²) in [5.41, 5.74) is 0. The molecule has 0 N–H and O–H groups in total. The van der Waals surface area contributed by atoms with Gasteiger partial charge in [-0.2, -0.15) is 0 Å². The average molecular weight is 213 g/mol. The topological polar surface area (TPSA) is 52.6 Å². The second kappa shape index (κ2) is 5.75. The molecule has 0 aliphatic heterocycles. The number of alkyl halides is 2. The molecular weight excluding hydrogens is 203 g/mol. The molecule has 0 rings (SSSR count). The quantitative estimate of drug-likeness (QED) is 0.508. The highest BCUT2D eigenvalue weighted by Crippen LogP contribution is 2.10. The third kappa shape index (κ3) is 3.59. The van der Waals surface area contributed by atoms with Crippen LogP contribution in [0.25, 0.3) is 0 Å². The van der Waals surface area contributed by atoms with Crippen molar-refractivity contribution in [2.45, 2.75) is 18.5 Å².